The number of nitrogens with zero attached hydrogens (tertiary/aromatic N) is 2. The molecule has 2 bridgehead atoms. The number of benzene rings is 1. The van der Waals surface area contributed by atoms with Gasteiger partial charge in [0, 0.05) is 44.8 Å². The Labute approximate surface area is 121 Å². The van der Waals surface area contributed by atoms with Crippen molar-refractivity contribution >= 4 is 0 Å². The van der Waals surface area contributed by atoms with Crippen molar-refractivity contribution in [2.75, 3.05) is 32.7 Å². The zero-order chi connectivity index (χ0) is 13.9. The number of fused-ring (bicyclic) bond motifs is 3. The smallest absolute Gasteiger partial charge is 0.0418 e. The summed E-state index contributed by atoms with van der Waals surface area (Å²) in [6.45, 7) is 8.18. The highest BCUT2D eigenvalue weighted by atomic mass is 15.4. The fourth-order valence-corrected chi connectivity index (χ4v) is 3.51. The number of hydrogen-bond donors (Lipinski definition) is 2. The molecule has 2 atom stereocenters. The minimum Gasteiger partial charge on any atom is -0.299 e. The fourth-order valence-electron chi connectivity index (χ4n) is 3.51. The van der Waals surface area contributed by atoms with E-state index in [0.29, 0.717) is 12.1 Å². The van der Waals surface area contributed by atoms with Gasteiger partial charge in [0.15, 0.2) is 0 Å². The van der Waals surface area contributed by atoms with Crippen LogP contribution in [0.5, 0.6) is 0 Å². The third kappa shape index (κ3) is 2.88. The van der Waals surface area contributed by atoms with Crippen molar-refractivity contribution in [1.29, 1.82) is 0 Å². The molecule has 3 aliphatic rings. The van der Waals surface area contributed by atoms with E-state index in [9.17, 15) is 0 Å². The average molecular weight is 274 g/mol. The average Bonchev–Trinajstić information content (AvgIpc) is 2.54. The van der Waals surface area contributed by atoms with Crippen LogP contribution >= 0.6 is 0 Å². The number of aryl methyl sites for hydroxylation is 1. The Hall–Kier alpha value is -0.940. The van der Waals surface area contributed by atoms with E-state index in [0.717, 1.165) is 19.4 Å². The van der Waals surface area contributed by atoms with Crippen LogP contribution in [0.1, 0.15) is 18.1 Å². The van der Waals surface area contributed by atoms with E-state index in [4.69, 9.17) is 5.84 Å². The summed E-state index contributed by atoms with van der Waals surface area (Å²) in [5, 5.41) is 0. The molecule has 3 heterocycles. The van der Waals surface area contributed by atoms with Crippen LogP contribution in [0, 0.1) is 0 Å². The second-order valence-electron chi connectivity index (χ2n) is 6.05. The number of rotatable bonds is 5. The minimum atomic E-state index is 0.338. The van der Waals surface area contributed by atoms with Gasteiger partial charge in [-0.1, -0.05) is 31.2 Å². The van der Waals surface area contributed by atoms with Gasteiger partial charge in [0.1, 0.15) is 0 Å². The Bertz CT molecular complexity index is 423. The zero-order valence-electron chi connectivity index (χ0n) is 12.4. The molecule has 4 nitrogen and oxygen atoms in total. The van der Waals surface area contributed by atoms with E-state index in [2.05, 4.69) is 46.4 Å². The molecule has 3 N–H and O–H groups in total. The van der Waals surface area contributed by atoms with Gasteiger partial charge in [0.05, 0.1) is 0 Å². The van der Waals surface area contributed by atoms with Gasteiger partial charge in [0.25, 0.3) is 0 Å². The molecule has 0 aliphatic carbocycles. The molecule has 3 aliphatic heterocycles. The highest BCUT2D eigenvalue weighted by molar-refractivity contribution is 5.23. The zero-order valence-corrected chi connectivity index (χ0v) is 12.4. The Morgan fingerprint density at radius 3 is 2.30 bits per heavy atom. The number of piperazine rings is 3. The van der Waals surface area contributed by atoms with Crippen molar-refractivity contribution in [2.24, 2.45) is 5.84 Å². The van der Waals surface area contributed by atoms with Gasteiger partial charge < -0.3 is 0 Å². The van der Waals surface area contributed by atoms with Crippen LogP contribution in [0.3, 0.4) is 0 Å². The largest absolute Gasteiger partial charge is 0.299 e. The molecule has 1 aromatic carbocycles. The summed E-state index contributed by atoms with van der Waals surface area (Å²) < 4.78 is 0. The van der Waals surface area contributed by atoms with Gasteiger partial charge in [-0.25, -0.2) is 0 Å². The molecule has 0 saturated carbocycles. The predicted molar refractivity (Wildman–Crippen MR) is 82.4 cm³/mol. The molecule has 0 aromatic heterocycles. The number of hydrogen-bond acceptors (Lipinski definition) is 4. The summed E-state index contributed by atoms with van der Waals surface area (Å²) in [5.74, 6) is 5.84. The predicted octanol–water partition coefficient (Wildman–Crippen LogP) is 0.623. The molecule has 1 aromatic rings. The van der Waals surface area contributed by atoms with Gasteiger partial charge >= 0.3 is 0 Å². The molecule has 3 fully saturated rings. The van der Waals surface area contributed by atoms with Gasteiger partial charge in [-0.3, -0.25) is 21.1 Å². The maximum atomic E-state index is 5.84. The van der Waals surface area contributed by atoms with E-state index in [1.54, 1.807) is 0 Å². The van der Waals surface area contributed by atoms with Crippen molar-refractivity contribution in [3.63, 3.8) is 0 Å². The topological polar surface area (TPSA) is 44.5 Å². The van der Waals surface area contributed by atoms with Gasteiger partial charge in [-0.2, -0.15) is 0 Å². The van der Waals surface area contributed by atoms with Crippen LogP contribution in [0.4, 0.5) is 0 Å². The lowest BCUT2D eigenvalue weighted by Crippen LogP contribution is -2.67. The molecule has 0 spiro atoms. The van der Waals surface area contributed by atoms with E-state index in [-0.39, 0.29) is 0 Å². The van der Waals surface area contributed by atoms with E-state index < -0.39 is 0 Å². The van der Waals surface area contributed by atoms with E-state index in [1.165, 1.54) is 37.3 Å². The molecule has 0 radical (unpaired) electrons. The molecule has 3 saturated heterocycles. The van der Waals surface area contributed by atoms with Crippen molar-refractivity contribution in [2.45, 2.75) is 31.8 Å². The van der Waals surface area contributed by atoms with Crippen molar-refractivity contribution in [3.05, 3.63) is 35.4 Å². The van der Waals surface area contributed by atoms with Crippen LogP contribution < -0.4 is 11.3 Å². The Kier molecular flexibility index (Phi) is 4.36. The lowest BCUT2D eigenvalue weighted by molar-refractivity contribution is -0.00314. The fraction of sp³-hybridized carbons (Fsp3) is 0.625. The molecule has 2 unspecified atom stereocenters. The first-order valence-electron chi connectivity index (χ1n) is 7.80. The Morgan fingerprint density at radius 2 is 1.80 bits per heavy atom. The van der Waals surface area contributed by atoms with Crippen LogP contribution in [-0.4, -0.2) is 54.6 Å². The molecule has 20 heavy (non-hydrogen) atoms. The summed E-state index contributed by atoms with van der Waals surface area (Å²) in [6.07, 6.45) is 2.11. The third-order valence-electron chi connectivity index (χ3n) is 4.89. The Balaban J connectivity index is 1.67. The Morgan fingerprint density at radius 1 is 1.15 bits per heavy atom. The molecule has 110 valence electrons. The first-order chi connectivity index (χ1) is 9.80. The standard InChI is InChI=1S/C16H26N4/c1-2-13-3-5-14(6-4-13)11-15(18-17)16-12-19-7-9-20(16)10-8-19/h3-6,15-16,18H,2,7-12,17H2,1H3. The lowest BCUT2D eigenvalue weighted by atomic mass is 9.94. The maximum absolute atomic E-state index is 5.84. The first kappa shape index (κ1) is 14.0. The number of nitrogens with one attached hydrogen (secondary N) is 1. The summed E-state index contributed by atoms with van der Waals surface area (Å²) in [4.78, 5) is 5.17. The molecule has 0 amide bonds. The van der Waals surface area contributed by atoms with Gasteiger partial charge in [-0.05, 0) is 24.0 Å². The SMILES string of the molecule is CCc1ccc(CC(NN)C2CN3CCN2CC3)cc1. The highest BCUT2D eigenvalue weighted by Crippen LogP contribution is 2.20. The van der Waals surface area contributed by atoms with Crippen molar-refractivity contribution in [1.82, 2.24) is 15.2 Å². The third-order valence-corrected chi connectivity index (χ3v) is 4.89. The molecular weight excluding hydrogens is 248 g/mol. The first-order valence-corrected chi connectivity index (χ1v) is 7.80. The van der Waals surface area contributed by atoms with Crippen LogP contribution in [0.25, 0.3) is 0 Å². The summed E-state index contributed by atoms with van der Waals surface area (Å²) in [7, 11) is 0. The van der Waals surface area contributed by atoms with E-state index in [1.807, 2.05) is 0 Å². The van der Waals surface area contributed by atoms with Crippen molar-refractivity contribution in [3.8, 4) is 0 Å². The summed E-state index contributed by atoms with van der Waals surface area (Å²) in [6, 6.07) is 9.86. The summed E-state index contributed by atoms with van der Waals surface area (Å²) >= 11 is 0. The highest BCUT2D eigenvalue weighted by Gasteiger charge is 2.36. The second-order valence-corrected chi connectivity index (χ2v) is 6.05. The molecule has 4 heteroatoms. The second kappa shape index (κ2) is 6.22. The maximum Gasteiger partial charge on any atom is 0.0418 e. The van der Waals surface area contributed by atoms with Crippen LogP contribution in [-0.2, 0) is 12.8 Å². The number of hydrazine groups is 1. The van der Waals surface area contributed by atoms with Crippen molar-refractivity contribution < 1.29 is 0 Å². The van der Waals surface area contributed by atoms with Crippen LogP contribution in [0.15, 0.2) is 24.3 Å². The molecule has 4 rings (SSSR count). The van der Waals surface area contributed by atoms with Gasteiger partial charge in [-0.15, -0.1) is 0 Å². The lowest BCUT2D eigenvalue weighted by Gasteiger charge is -2.50. The minimum absolute atomic E-state index is 0.338. The number of nitrogens with two attached hydrogens (primary N) is 1. The quantitative estimate of drug-likeness (QED) is 0.610. The van der Waals surface area contributed by atoms with E-state index >= 15 is 0 Å². The normalized spacial score (nSPS) is 30.4. The van der Waals surface area contributed by atoms with Crippen LogP contribution in [0.2, 0.25) is 0 Å². The molecular formula is C16H26N4. The summed E-state index contributed by atoms with van der Waals surface area (Å²) in [5.41, 5.74) is 5.84. The monoisotopic (exact) mass is 274 g/mol. The van der Waals surface area contributed by atoms with Gasteiger partial charge in [0.2, 0.25) is 0 Å².